The SMILES string of the molecule is C=C[C@H](O)[C@@H]1Oc2c(OCOCCOC)ccc3c2[C@@]12CC1CN(C)[C@H](C3)C12. The zero-order chi connectivity index (χ0) is 19.5. The summed E-state index contributed by atoms with van der Waals surface area (Å²) >= 11 is 0. The Balaban J connectivity index is 1.50. The summed E-state index contributed by atoms with van der Waals surface area (Å²) in [5.41, 5.74) is 2.46. The molecule has 1 aromatic carbocycles. The van der Waals surface area contributed by atoms with Crippen molar-refractivity contribution in [3.8, 4) is 11.5 Å². The number of benzene rings is 1. The second kappa shape index (κ2) is 6.73. The van der Waals surface area contributed by atoms with Crippen LogP contribution in [0.2, 0.25) is 0 Å². The Hall–Kier alpha value is -1.60. The summed E-state index contributed by atoms with van der Waals surface area (Å²) < 4.78 is 22.8. The molecule has 1 saturated heterocycles. The maximum atomic E-state index is 10.8. The fraction of sp³-hybridized carbons (Fsp3) is 0.636. The topological polar surface area (TPSA) is 60.4 Å². The maximum Gasteiger partial charge on any atom is 0.189 e. The minimum atomic E-state index is -0.698. The highest BCUT2D eigenvalue weighted by Gasteiger charge is 2.71. The quantitative estimate of drug-likeness (QED) is 0.417. The molecule has 6 nitrogen and oxygen atoms in total. The van der Waals surface area contributed by atoms with Crippen LogP contribution in [0.15, 0.2) is 24.8 Å². The second-order valence-corrected chi connectivity index (χ2v) is 8.60. The molecule has 2 heterocycles. The van der Waals surface area contributed by atoms with Crippen LogP contribution < -0.4 is 9.47 Å². The van der Waals surface area contributed by atoms with Gasteiger partial charge in [-0.3, -0.25) is 0 Å². The van der Waals surface area contributed by atoms with Crippen molar-refractivity contribution in [2.24, 2.45) is 11.8 Å². The van der Waals surface area contributed by atoms with E-state index in [1.165, 1.54) is 11.1 Å². The molecule has 1 saturated carbocycles. The highest BCUT2D eigenvalue weighted by atomic mass is 16.7. The Morgan fingerprint density at radius 2 is 2.29 bits per heavy atom. The molecular weight excluding hydrogens is 358 g/mol. The number of ether oxygens (including phenoxy) is 4. The summed E-state index contributed by atoms with van der Waals surface area (Å²) in [5.74, 6) is 2.70. The molecule has 2 unspecified atom stereocenters. The third-order valence-corrected chi connectivity index (χ3v) is 7.34. The van der Waals surface area contributed by atoms with Crippen LogP contribution in [-0.4, -0.2) is 69.0 Å². The van der Waals surface area contributed by atoms with E-state index in [2.05, 4.69) is 24.6 Å². The number of rotatable bonds is 8. The standard InChI is InChI=1S/C22H29NO5/c1-4-16(24)21-22-10-14-11-23(2)15(18(14)22)9-13-5-6-17(20(28-21)19(13)22)27-12-26-8-7-25-3/h4-6,14-16,18,21,24H,1,7-12H2,2-3H3/t14?,15-,16+,18?,21+,22+/m1/s1. The molecule has 2 fully saturated rings. The summed E-state index contributed by atoms with van der Waals surface area (Å²) in [4.78, 5) is 2.50. The molecule has 0 amide bonds. The van der Waals surface area contributed by atoms with Gasteiger partial charge in [0.05, 0.1) is 13.2 Å². The maximum absolute atomic E-state index is 10.8. The molecule has 5 rings (SSSR count). The molecule has 0 aromatic heterocycles. The van der Waals surface area contributed by atoms with Gasteiger partial charge < -0.3 is 29.0 Å². The Kier molecular flexibility index (Phi) is 4.43. The van der Waals surface area contributed by atoms with Gasteiger partial charge in [0.15, 0.2) is 18.3 Å². The van der Waals surface area contributed by atoms with E-state index in [9.17, 15) is 5.11 Å². The monoisotopic (exact) mass is 387 g/mol. The average Bonchev–Trinajstić information content (AvgIpc) is 3.18. The van der Waals surface area contributed by atoms with Crippen molar-refractivity contribution in [3.63, 3.8) is 0 Å². The summed E-state index contributed by atoms with van der Waals surface area (Å²) in [6.07, 6.45) is 2.70. The molecule has 1 spiro atoms. The van der Waals surface area contributed by atoms with Gasteiger partial charge in [0.2, 0.25) is 0 Å². The lowest BCUT2D eigenvalue weighted by molar-refractivity contribution is -0.0686. The first-order valence-electron chi connectivity index (χ1n) is 10.1. The van der Waals surface area contributed by atoms with Gasteiger partial charge in [-0.1, -0.05) is 12.1 Å². The lowest BCUT2D eigenvalue weighted by Crippen LogP contribution is -2.64. The van der Waals surface area contributed by atoms with Gasteiger partial charge >= 0.3 is 0 Å². The van der Waals surface area contributed by atoms with Crippen LogP contribution in [0, 0.1) is 11.8 Å². The lowest BCUT2D eigenvalue weighted by atomic mass is 9.45. The molecule has 6 heteroatoms. The minimum absolute atomic E-state index is 0.132. The number of likely N-dealkylation sites (N-methyl/N-ethyl adjacent to an activating group) is 1. The van der Waals surface area contributed by atoms with Crippen LogP contribution in [0.5, 0.6) is 11.5 Å². The Morgan fingerprint density at radius 3 is 3.07 bits per heavy atom. The minimum Gasteiger partial charge on any atom is -0.482 e. The fourth-order valence-corrected chi connectivity index (χ4v) is 6.35. The summed E-state index contributed by atoms with van der Waals surface area (Å²) in [6.45, 7) is 6.12. The van der Waals surface area contributed by atoms with Gasteiger partial charge in [0.1, 0.15) is 12.2 Å². The number of nitrogens with zero attached hydrogens (tertiary/aromatic N) is 1. The van der Waals surface area contributed by atoms with Crippen LogP contribution in [-0.2, 0) is 21.3 Å². The van der Waals surface area contributed by atoms with Gasteiger partial charge in [-0.15, -0.1) is 6.58 Å². The molecule has 1 aromatic rings. The van der Waals surface area contributed by atoms with Gasteiger partial charge in [0, 0.05) is 30.7 Å². The third kappa shape index (κ3) is 2.35. The highest BCUT2D eigenvalue weighted by Crippen LogP contribution is 2.69. The van der Waals surface area contributed by atoms with E-state index < -0.39 is 6.10 Å². The second-order valence-electron chi connectivity index (χ2n) is 8.60. The summed E-state index contributed by atoms with van der Waals surface area (Å²) in [7, 11) is 3.87. The van der Waals surface area contributed by atoms with Gasteiger partial charge in [-0.25, -0.2) is 0 Å². The Labute approximate surface area is 166 Å². The van der Waals surface area contributed by atoms with E-state index in [1.807, 2.05) is 6.07 Å². The van der Waals surface area contributed by atoms with Gasteiger partial charge in [0.25, 0.3) is 0 Å². The zero-order valence-corrected chi connectivity index (χ0v) is 16.6. The van der Waals surface area contributed by atoms with E-state index in [4.69, 9.17) is 18.9 Å². The van der Waals surface area contributed by atoms with Crippen LogP contribution >= 0.6 is 0 Å². The van der Waals surface area contributed by atoms with Gasteiger partial charge in [-0.05, 0) is 43.4 Å². The molecule has 6 atom stereocenters. The molecular formula is C22H29NO5. The molecule has 0 bridgehead atoms. The van der Waals surface area contributed by atoms with Crippen molar-refractivity contribution >= 4 is 0 Å². The number of likely N-dealkylation sites (tertiary alicyclic amines) is 1. The molecule has 28 heavy (non-hydrogen) atoms. The average molecular weight is 387 g/mol. The molecule has 2 aliphatic carbocycles. The first-order valence-corrected chi connectivity index (χ1v) is 10.1. The van der Waals surface area contributed by atoms with Crippen molar-refractivity contribution in [1.82, 2.24) is 4.90 Å². The first-order chi connectivity index (χ1) is 13.6. The van der Waals surface area contributed by atoms with Gasteiger partial charge in [-0.2, -0.15) is 0 Å². The zero-order valence-electron chi connectivity index (χ0n) is 16.6. The van der Waals surface area contributed by atoms with Crippen LogP contribution in [0.1, 0.15) is 17.5 Å². The fourth-order valence-electron chi connectivity index (χ4n) is 6.35. The number of hydrogen-bond acceptors (Lipinski definition) is 6. The van der Waals surface area contributed by atoms with Crippen molar-refractivity contribution in [3.05, 3.63) is 35.9 Å². The van der Waals surface area contributed by atoms with Crippen molar-refractivity contribution in [2.45, 2.75) is 36.5 Å². The van der Waals surface area contributed by atoms with E-state index in [1.54, 1.807) is 13.2 Å². The predicted molar refractivity (Wildman–Crippen MR) is 104 cm³/mol. The Morgan fingerprint density at radius 1 is 1.43 bits per heavy atom. The van der Waals surface area contributed by atoms with Crippen molar-refractivity contribution in [2.75, 3.05) is 40.7 Å². The first kappa shape index (κ1) is 18.4. The normalized spacial score (nSPS) is 35.5. The molecule has 4 aliphatic rings. The Bertz CT molecular complexity index is 782. The third-order valence-electron chi connectivity index (χ3n) is 7.34. The summed E-state index contributed by atoms with van der Waals surface area (Å²) in [5, 5.41) is 10.8. The van der Waals surface area contributed by atoms with Crippen molar-refractivity contribution < 1.29 is 24.1 Å². The number of hydrogen-bond donors (Lipinski definition) is 1. The molecule has 1 N–H and O–H groups in total. The summed E-state index contributed by atoms with van der Waals surface area (Å²) in [6, 6.07) is 4.67. The smallest absolute Gasteiger partial charge is 0.189 e. The molecule has 152 valence electrons. The van der Waals surface area contributed by atoms with E-state index in [-0.39, 0.29) is 18.3 Å². The highest BCUT2D eigenvalue weighted by molar-refractivity contribution is 5.62. The van der Waals surface area contributed by atoms with Crippen LogP contribution in [0.25, 0.3) is 0 Å². The number of aliphatic hydroxyl groups excluding tert-OH is 1. The van der Waals surface area contributed by atoms with E-state index in [0.717, 1.165) is 25.1 Å². The molecule has 2 aliphatic heterocycles. The predicted octanol–water partition coefficient (Wildman–Crippen LogP) is 1.74. The van der Waals surface area contributed by atoms with E-state index in [0.29, 0.717) is 36.8 Å². The van der Waals surface area contributed by atoms with Crippen LogP contribution in [0.3, 0.4) is 0 Å². The number of aliphatic hydroxyl groups is 1. The largest absolute Gasteiger partial charge is 0.482 e. The number of methoxy groups -OCH3 is 1. The molecule has 0 radical (unpaired) electrons. The van der Waals surface area contributed by atoms with Crippen molar-refractivity contribution in [1.29, 1.82) is 0 Å². The lowest BCUT2D eigenvalue weighted by Gasteiger charge is -2.57. The van der Waals surface area contributed by atoms with Crippen LogP contribution in [0.4, 0.5) is 0 Å². The van der Waals surface area contributed by atoms with E-state index >= 15 is 0 Å².